The third kappa shape index (κ3) is 3.20. The van der Waals surface area contributed by atoms with Gasteiger partial charge >= 0.3 is 11.9 Å². The highest BCUT2D eigenvalue weighted by molar-refractivity contribution is 6.07. The zero-order valence-electron chi connectivity index (χ0n) is 18.4. The average molecular weight is 488 g/mol. The Kier molecular flexibility index (Phi) is 5.09. The van der Waals surface area contributed by atoms with E-state index in [2.05, 4.69) is 15.8 Å². The SMILES string of the molecule is COc1ccccc1[C@H]1[C@H](C(F)(F)F)N[C@@]2(C(=O)Nc3ccccc32)[C@@H]1c1onc(C)c1[N+](=O)[O-]. The summed E-state index contributed by atoms with van der Waals surface area (Å²) in [5.74, 6) is -4.08. The molecular formula is C23H19F3N4O5. The second-order valence-electron chi connectivity index (χ2n) is 8.45. The van der Waals surface area contributed by atoms with Crippen molar-refractivity contribution in [2.24, 2.45) is 0 Å². The van der Waals surface area contributed by atoms with E-state index < -0.39 is 51.9 Å². The number of fused-ring (bicyclic) bond motifs is 2. The normalized spacial score (nSPS) is 25.5. The van der Waals surface area contributed by atoms with Gasteiger partial charge in [-0.3, -0.25) is 20.2 Å². The number of carbonyl (C=O) groups excluding carboxylic acids is 1. The van der Waals surface area contributed by atoms with E-state index in [1.54, 1.807) is 24.3 Å². The van der Waals surface area contributed by atoms with Crippen LogP contribution in [-0.2, 0) is 10.3 Å². The molecule has 9 nitrogen and oxygen atoms in total. The number of aromatic nitrogens is 1. The smallest absolute Gasteiger partial charge is 0.404 e. The first-order valence-corrected chi connectivity index (χ1v) is 10.6. The molecule has 12 heteroatoms. The van der Waals surface area contributed by atoms with E-state index in [4.69, 9.17) is 9.26 Å². The van der Waals surface area contributed by atoms with E-state index in [0.717, 1.165) is 0 Å². The van der Waals surface area contributed by atoms with Gasteiger partial charge < -0.3 is 14.6 Å². The maximum atomic E-state index is 14.6. The standard InChI is InChI=1S/C23H19F3N4O5/c1-11-18(30(32)33)19(35-29-11)17-16(12-7-3-6-10-15(12)34-2)20(23(24,25)26)28-22(17)13-8-4-5-9-14(13)27-21(22)31/h3-10,16-17,20,28H,1-2H3,(H,27,31)/t16-,17+,20-,22-/m1/s1. The molecule has 1 spiro atoms. The minimum absolute atomic E-state index is 0.110. The topological polar surface area (TPSA) is 120 Å². The average Bonchev–Trinajstić information content (AvgIpc) is 3.46. The van der Waals surface area contributed by atoms with Crippen molar-refractivity contribution in [2.45, 2.75) is 36.5 Å². The van der Waals surface area contributed by atoms with E-state index in [1.165, 1.54) is 38.3 Å². The molecule has 35 heavy (non-hydrogen) atoms. The lowest BCUT2D eigenvalue weighted by atomic mass is 9.71. The van der Waals surface area contributed by atoms with Gasteiger partial charge in [0.25, 0.3) is 0 Å². The number of benzene rings is 2. The number of nitrogens with zero attached hydrogens (tertiary/aromatic N) is 2. The quantitative estimate of drug-likeness (QED) is 0.418. The molecule has 3 aromatic rings. The van der Waals surface area contributed by atoms with E-state index in [0.29, 0.717) is 5.69 Å². The minimum Gasteiger partial charge on any atom is -0.496 e. The number of carbonyl (C=O) groups is 1. The summed E-state index contributed by atoms with van der Waals surface area (Å²) < 4.78 is 54.5. The van der Waals surface area contributed by atoms with Crippen LogP contribution in [0.2, 0.25) is 0 Å². The van der Waals surface area contributed by atoms with Crippen LogP contribution in [0.1, 0.15) is 34.4 Å². The van der Waals surface area contributed by atoms with Crippen LogP contribution < -0.4 is 15.4 Å². The summed E-state index contributed by atoms with van der Waals surface area (Å²) in [6.45, 7) is 1.32. The van der Waals surface area contributed by atoms with Crippen molar-refractivity contribution < 1.29 is 32.1 Å². The van der Waals surface area contributed by atoms with E-state index in [9.17, 15) is 28.1 Å². The number of nitro groups is 1. The Morgan fingerprint density at radius 1 is 1.17 bits per heavy atom. The van der Waals surface area contributed by atoms with Crippen molar-refractivity contribution in [1.82, 2.24) is 10.5 Å². The predicted molar refractivity (Wildman–Crippen MR) is 116 cm³/mol. The maximum Gasteiger partial charge on any atom is 0.404 e. The fourth-order valence-electron chi connectivity index (χ4n) is 5.37. The Bertz CT molecular complexity index is 1340. The lowest BCUT2D eigenvalue weighted by Gasteiger charge is -2.30. The van der Waals surface area contributed by atoms with Crippen LogP contribution in [0.15, 0.2) is 53.1 Å². The minimum atomic E-state index is -4.84. The number of hydrogen-bond acceptors (Lipinski definition) is 7. The first-order chi connectivity index (χ1) is 16.6. The van der Waals surface area contributed by atoms with Gasteiger partial charge in [-0.2, -0.15) is 13.2 Å². The molecule has 2 aromatic carbocycles. The summed E-state index contributed by atoms with van der Waals surface area (Å²) in [7, 11) is 1.31. The van der Waals surface area contributed by atoms with Crippen LogP contribution in [-0.4, -0.2) is 35.3 Å². The molecule has 3 heterocycles. The molecule has 182 valence electrons. The number of amides is 1. The number of methoxy groups -OCH3 is 1. The van der Waals surface area contributed by atoms with Gasteiger partial charge in [0.05, 0.1) is 18.0 Å². The zero-order valence-corrected chi connectivity index (χ0v) is 18.4. The van der Waals surface area contributed by atoms with Gasteiger partial charge in [0.1, 0.15) is 17.3 Å². The molecule has 0 bridgehead atoms. The maximum absolute atomic E-state index is 14.6. The lowest BCUT2D eigenvalue weighted by molar-refractivity contribution is -0.386. The fourth-order valence-corrected chi connectivity index (χ4v) is 5.37. The molecule has 1 saturated heterocycles. The number of para-hydroxylation sites is 2. The monoisotopic (exact) mass is 488 g/mol. The Balaban J connectivity index is 1.88. The molecule has 2 aliphatic heterocycles. The summed E-state index contributed by atoms with van der Waals surface area (Å²) in [5, 5.41) is 20.8. The van der Waals surface area contributed by atoms with Gasteiger partial charge in [-0.15, -0.1) is 0 Å². The number of alkyl halides is 3. The van der Waals surface area contributed by atoms with Crippen LogP contribution in [0.4, 0.5) is 24.5 Å². The van der Waals surface area contributed by atoms with Crippen LogP contribution in [0.5, 0.6) is 5.75 Å². The number of halogens is 3. The zero-order chi connectivity index (χ0) is 25.1. The molecule has 4 atom stereocenters. The molecule has 0 unspecified atom stereocenters. The molecule has 0 radical (unpaired) electrons. The molecule has 0 aliphatic carbocycles. The van der Waals surface area contributed by atoms with Crippen LogP contribution >= 0.6 is 0 Å². The highest BCUT2D eigenvalue weighted by Gasteiger charge is 2.70. The van der Waals surface area contributed by atoms with Gasteiger partial charge in [-0.25, -0.2) is 0 Å². The van der Waals surface area contributed by atoms with Gasteiger partial charge in [0, 0.05) is 17.2 Å². The number of aryl methyl sites for hydroxylation is 1. The Hall–Kier alpha value is -3.93. The van der Waals surface area contributed by atoms with Crippen molar-refractivity contribution in [3.8, 4) is 5.75 Å². The Morgan fingerprint density at radius 2 is 1.86 bits per heavy atom. The third-order valence-electron chi connectivity index (χ3n) is 6.70. The number of rotatable bonds is 4. The summed E-state index contributed by atoms with van der Waals surface area (Å²) in [6.07, 6.45) is -4.84. The first kappa shape index (κ1) is 22.8. The summed E-state index contributed by atoms with van der Waals surface area (Å²) in [4.78, 5) is 24.7. The molecule has 1 aromatic heterocycles. The van der Waals surface area contributed by atoms with Gasteiger partial charge in [-0.1, -0.05) is 41.6 Å². The molecule has 1 amide bonds. The van der Waals surface area contributed by atoms with E-state index in [-0.39, 0.29) is 22.6 Å². The van der Waals surface area contributed by atoms with Gasteiger partial charge in [0.15, 0.2) is 5.69 Å². The molecular weight excluding hydrogens is 469 g/mol. The van der Waals surface area contributed by atoms with Gasteiger partial charge in [-0.05, 0) is 24.6 Å². The molecule has 2 N–H and O–H groups in total. The Labute approximate surface area is 196 Å². The highest BCUT2D eigenvalue weighted by atomic mass is 19.4. The number of hydrogen-bond donors (Lipinski definition) is 2. The van der Waals surface area contributed by atoms with Crippen molar-refractivity contribution in [1.29, 1.82) is 0 Å². The number of nitrogens with one attached hydrogen (secondary N) is 2. The van der Waals surface area contributed by atoms with E-state index in [1.807, 2.05) is 0 Å². The molecule has 2 aliphatic rings. The second-order valence-corrected chi connectivity index (χ2v) is 8.45. The first-order valence-electron chi connectivity index (χ1n) is 10.6. The Morgan fingerprint density at radius 3 is 2.54 bits per heavy atom. The number of anilines is 1. The van der Waals surface area contributed by atoms with E-state index >= 15 is 0 Å². The van der Waals surface area contributed by atoms with Crippen molar-refractivity contribution in [3.63, 3.8) is 0 Å². The van der Waals surface area contributed by atoms with Crippen molar-refractivity contribution in [3.05, 3.63) is 81.2 Å². The fraction of sp³-hybridized carbons (Fsp3) is 0.304. The summed E-state index contributed by atoms with van der Waals surface area (Å²) in [5.41, 5.74) is -2.07. The predicted octanol–water partition coefficient (Wildman–Crippen LogP) is 4.15. The summed E-state index contributed by atoms with van der Waals surface area (Å²) >= 11 is 0. The van der Waals surface area contributed by atoms with Crippen LogP contribution in [0.3, 0.4) is 0 Å². The third-order valence-corrected chi connectivity index (χ3v) is 6.70. The van der Waals surface area contributed by atoms with Gasteiger partial charge in [0.2, 0.25) is 11.7 Å². The lowest BCUT2D eigenvalue weighted by Crippen LogP contribution is -2.52. The van der Waals surface area contributed by atoms with Crippen LogP contribution in [0, 0.1) is 17.0 Å². The molecule has 5 rings (SSSR count). The highest BCUT2D eigenvalue weighted by Crippen LogP contribution is 2.61. The number of ether oxygens (including phenoxy) is 1. The second kappa shape index (κ2) is 7.80. The molecule has 0 saturated carbocycles. The van der Waals surface area contributed by atoms with Crippen molar-refractivity contribution >= 4 is 17.3 Å². The largest absolute Gasteiger partial charge is 0.496 e. The molecule has 1 fully saturated rings. The summed E-state index contributed by atoms with van der Waals surface area (Å²) in [6, 6.07) is 10.1. The van der Waals surface area contributed by atoms with Crippen molar-refractivity contribution in [2.75, 3.05) is 12.4 Å². The van der Waals surface area contributed by atoms with Crippen LogP contribution in [0.25, 0.3) is 0 Å².